The second kappa shape index (κ2) is 7.86. The Morgan fingerprint density at radius 1 is 1.33 bits per heavy atom. The molecule has 0 aliphatic heterocycles. The first-order chi connectivity index (χ1) is 4.00. The van der Waals surface area contributed by atoms with E-state index in [-0.39, 0.29) is 0 Å². The van der Waals surface area contributed by atoms with Crippen LogP contribution in [0.15, 0.2) is 0 Å². The lowest BCUT2D eigenvalue weighted by molar-refractivity contribution is -0.0583. The van der Waals surface area contributed by atoms with Gasteiger partial charge in [0, 0.05) is 7.11 Å². The topological polar surface area (TPSA) is 90.2 Å². The first-order valence-electron chi connectivity index (χ1n) is 2.25. The third kappa shape index (κ3) is 77.8. The van der Waals surface area contributed by atoms with Gasteiger partial charge in [0.15, 0.2) is 6.29 Å². The molecule has 0 amide bonds. The zero-order valence-electron chi connectivity index (χ0n) is 5.35. The van der Waals surface area contributed by atoms with Gasteiger partial charge in [0.2, 0.25) is 0 Å². The summed E-state index contributed by atoms with van der Waals surface area (Å²) in [5.74, 6) is 0. The molecule has 0 spiro atoms. The Morgan fingerprint density at radius 2 is 1.44 bits per heavy atom. The van der Waals surface area contributed by atoms with Crippen LogP contribution < -0.4 is 0 Å². The Bertz CT molecular complexity index is 44.7. The smallest absolute Gasteiger partial charge is 0.402 e. The molecule has 0 aliphatic rings. The van der Waals surface area contributed by atoms with Gasteiger partial charge in [-0.25, -0.2) is 0 Å². The van der Waals surface area contributed by atoms with Crippen LogP contribution in [0.2, 0.25) is 0 Å². The maximum absolute atomic E-state index is 8.14. The van der Waals surface area contributed by atoms with Crippen molar-refractivity contribution in [2.24, 2.45) is 0 Å². The van der Waals surface area contributed by atoms with Gasteiger partial charge in [-0.2, -0.15) is 0 Å². The Hall–Kier alpha value is -0.135. The zero-order valence-corrected chi connectivity index (χ0v) is 5.35. The molecule has 1 unspecified atom stereocenters. The van der Waals surface area contributed by atoms with E-state index in [0.717, 1.165) is 0 Å². The van der Waals surface area contributed by atoms with Crippen molar-refractivity contribution in [3.63, 3.8) is 0 Å². The second-order valence-electron chi connectivity index (χ2n) is 1.18. The summed E-state index contributed by atoms with van der Waals surface area (Å²) < 4.78 is 4.31. The van der Waals surface area contributed by atoms with Crippen molar-refractivity contribution in [1.82, 2.24) is 0 Å². The number of ether oxygens (including phenoxy) is 1. The first kappa shape index (κ1) is 11.6. The van der Waals surface area contributed by atoms with E-state index in [1.54, 1.807) is 6.92 Å². The Kier molecular flexibility index (Phi) is 10.2. The molecule has 9 heavy (non-hydrogen) atoms. The van der Waals surface area contributed by atoms with Gasteiger partial charge in [0.05, 0.1) is 0 Å². The van der Waals surface area contributed by atoms with Crippen LogP contribution in [0.1, 0.15) is 6.92 Å². The fraction of sp³-hybridized carbons (Fsp3) is 1.00. The minimum absolute atomic E-state index is 0.616. The third-order valence-corrected chi connectivity index (χ3v) is 0.341. The van der Waals surface area contributed by atoms with E-state index in [0.29, 0.717) is 0 Å². The van der Waals surface area contributed by atoms with Crippen LogP contribution in [-0.2, 0) is 4.74 Å². The van der Waals surface area contributed by atoms with Crippen molar-refractivity contribution in [2.75, 3.05) is 7.11 Å². The molecule has 4 N–H and O–H groups in total. The summed E-state index contributed by atoms with van der Waals surface area (Å²) in [4.78, 5) is 0. The molecule has 6 heteroatoms. The van der Waals surface area contributed by atoms with Gasteiger partial charge >= 0.3 is 7.32 Å². The highest BCUT2D eigenvalue weighted by molar-refractivity contribution is 6.30. The maximum Gasteiger partial charge on any atom is 0.631 e. The Balaban J connectivity index is 0. The van der Waals surface area contributed by atoms with Crippen LogP contribution in [0, 0.1) is 0 Å². The summed E-state index contributed by atoms with van der Waals surface area (Å²) in [7, 11) is -0.718. The molecule has 0 rings (SSSR count). The van der Waals surface area contributed by atoms with Crippen molar-refractivity contribution in [2.45, 2.75) is 13.2 Å². The molecule has 0 saturated carbocycles. The number of hydrogen-bond acceptors (Lipinski definition) is 5. The van der Waals surface area contributed by atoms with Crippen molar-refractivity contribution >= 4 is 7.32 Å². The lowest BCUT2D eigenvalue weighted by Crippen LogP contribution is -2.07. The summed E-state index contributed by atoms with van der Waals surface area (Å²) in [6.45, 7) is 1.56. The van der Waals surface area contributed by atoms with Gasteiger partial charge in [-0.05, 0) is 6.92 Å². The SMILES string of the molecule is COC(C)O.OB(O)O. The Morgan fingerprint density at radius 3 is 1.44 bits per heavy atom. The summed E-state index contributed by atoms with van der Waals surface area (Å²) >= 11 is 0. The van der Waals surface area contributed by atoms with Gasteiger partial charge in [-0.15, -0.1) is 0 Å². The molecular formula is C3H11BO5. The normalized spacial score (nSPS) is 11.3. The van der Waals surface area contributed by atoms with Gasteiger partial charge in [0.1, 0.15) is 0 Å². The fourth-order valence-corrected chi connectivity index (χ4v) is 0. The van der Waals surface area contributed by atoms with Crippen molar-refractivity contribution in [1.29, 1.82) is 0 Å². The lowest BCUT2D eigenvalue weighted by Gasteiger charge is -1.94. The average Bonchev–Trinajstić information content (AvgIpc) is 1.65. The molecule has 1 atom stereocenters. The second-order valence-corrected chi connectivity index (χ2v) is 1.18. The number of aliphatic hydroxyl groups excluding tert-OH is 1. The van der Waals surface area contributed by atoms with Crippen LogP contribution in [0.3, 0.4) is 0 Å². The molecule has 0 fully saturated rings. The largest absolute Gasteiger partial charge is 0.631 e. The fourth-order valence-electron chi connectivity index (χ4n) is 0. The lowest BCUT2D eigenvalue weighted by atomic mass is 10.3. The summed E-state index contributed by atoms with van der Waals surface area (Å²) in [5.41, 5.74) is 0. The molecule has 5 nitrogen and oxygen atoms in total. The third-order valence-electron chi connectivity index (χ3n) is 0.341. The molecular weight excluding hydrogens is 127 g/mol. The van der Waals surface area contributed by atoms with Crippen molar-refractivity contribution < 1.29 is 24.9 Å². The molecule has 0 aromatic carbocycles. The monoisotopic (exact) mass is 138 g/mol. The molecule has 0 aliphatic carbocycles. The zero-order chi connectivity index (χ0) is 7.86. The van der Waals surface area contributed by atoms with Crippen LogP contribution in [0.4, 0.5) is 0 Å². The number of aliphatic hydroxyl groups is 1. The summed E-state index contributed by atoms with van der Waals surface area (Å²) in [6, 6.07) is 0. The van der Waals surface area contributed by atoms with Crippen LogP contribution >= 0.6 is 0 Å². The minimum Gasteiger partial charge on any atom is -0.402 e. The minimum atomic E-state index is -2.17. The molecule has 0 bridgehead atoms. The van der Waals surface area contributed by atoms with E-state index in [9.17, 15) is 0 Å². The van der Waals surface area contributed by atoms with Gasteiger partial charge in [0.25, 0.3) is 0 Å². The predicted molar refractivity (Wildman–Crippen MR) is 31.1 cm³/mol. The van der Waals surface area contributed by atoms with Gasteiger partial charge < -0.3 is 24.9 Å². The number of hydrogen-bond donors (Lipinski definition) is 4. The molecule has 0 aromatic rings. The van der Waals surface area contributed by atoms with E-state index in [1.165, 1.54) is 7.11 Å². The van der Waals surface area contributed by atoms with Crippen LogP contribution in [-0.4, -0.2) is 40.9 Å². The van der Waals surface area contributed by atoms with E-state index < -0.39 is 13.6 Å². The van der Waals surface area contributed by atoms with Gasteiger partial charge in [-0.1, -0.05) is 0 Å². The maximum atomic E-state index is 8.14. The number of methoxy groups -OCH3 is 1. The highest BCUT2D eigenvalue weighted by Crippen LogP contribution is 1.72. The Labute approximate surface area is 53.7 Å². The molecule has 0 aromatic heterocycles. The summed E-state index contributed by atoms with van der Waals surface area (Å²) in [5, 5.41) is 29.6. The first-order valence-corrected chi connectivity index (χ1v) is 2.25. The quantitative estimate of drug-likeness (QED) is 0.246. The van der Waals surface area contributed by atoms with Gasteiger partial charge in [-0.3, -0.25) is 0 Å². The highest BCUT2D eigenvalue weighted by Gasteiger charge is 1.92. The highest BCUT2D eigenvalue weighted by atomic mass is 16.6. The molecule has 0 saturated heterocycles. The van der Waals surface area contributed by atoms with Crippen LogP contribution in [0.5, 0.6) is 0 Å². The average molecular weight is 138 g/mol. The van der Waals surface area contributed by atoms with Crippen molar-refractivity contribution in [3.05, 3.63) is 0 Å². The van der Waals surface area contributed by atoms with E-state index in [1.807, 2.05) is 0 Å². The van der Waals surface area contributed by atoms with Crippen molar-refractivity contribution in [3.8, 4) is 0 Å². The van der Waals surface area contributed by atoms with E-state index >= 15 is 0 Å². The van der Waals surface area contributed by atoms with E-state index in [2.05, 4.69) is 4.74 Å². The molecule has 0 heterocycles. The predicted octanol–water partition coefficient (Wildman–Crippen LogP) is -2.08. The molecule has 0 radical (unpaired) electrons. The standard InChI is InChI=1S/C3H8O2.BH3O3/c1-3(4)5-2;2-1(3)4/h3-4H,1-2H3;2-4H. The molecule has 56 valence electrons. The number of rotatable bonds is 1. The van der Waals surface area contributed by atoms with Crippen LogP contribution in [0.25, 0.3) is 0 Å². The van der Waals surface area contributed by atoms with E-state index in [4.69, 9.17) is 20.2 Å². The summed E-state index contributed by atoms with van der Waals surface area (Å²) in [6.07, 6.45) is -0.616.